The van der Waals surface area contributed by atoms with Crippen LogP contribution in [0.2, 0.25) is 0 Å². The minimum absolute atomic E-state index is 0.289. The second-order valence-corrected chi connectivity index (χ2v) is 9.04. The Kier molecular flexibility index (Phi) is 6.92. The Balaban J connectivity index is 1.65. The van der Waals surface area contributed by atoms with E-state index in [1.807, 2.05) is 12.1 Å². The maximum Gasteiger partial charge on any atom is 0.159 e. The second kappa shape index (κ2) is 9.85. The number of nitrogens with zero attached hydrogens (tertiary/aromatic N) is 4. The summed E-state index contributed by atoms with van der Waals surface area (Å²) in [5.74, 6) is 0.400. The van der Waals surface area contributed by atoms with Crippen molar-refractivity contribution >= 4 is 65.7 Å². The van der Waals surface area contributed by atoms with Gasteiger partial charge in [-0.15, -0.1) is 11.3 Å². The number of aromatic nitrogens is 3. The molecule has 4 aromatic rings. The molecule has 2 aromatic heterocycles. The zero-order valence-corrected chi connectivity index (χ0v) is 20.1. The van der Waals surface area contributed by atoms with Crippen molar-refractivity contribution in [2.75, 3.05) is 31.5 Å². The van der Waals surface area contributed by atoms with Crippen LogP contribution in [0.25, 0.3) is 21.1 Å². The van der Waals surface area contributed by atoms with Gasteiger partial charge in [0.15, 0.2) is 10.8 Å². The maximum atomic E-state index is 14.4. The third kappa shape index (κ3) is 4.72. The number of fused-ring (bicyclic) bond motifs is 3. The Labute approximate surface area is 197 Å². The molecule has 2 heterocycles. The van der Waals surface area contributed by atoms with E-state index in [1.165, 1.54) is 23.7 Å². The molecule has 0 saturated heterocycles. The summed E-state index contributed by atoms with van der Waals surface area (Å²) in [5, 5.41) is 16.0. The molecule has 0 bridgehead atoms. The average molecular weight is 516 g/mol. The molecular weight excluding hydrogens is 493 g/mol. The summed E-state index contributed by atoms with van der Waals surface area (Å²) in [4.78, 5) is 15.7. The second-order valence-electron chi connectivity index (χ2n) is 7.13. The molecule has 0 atom stereocenters. The van der Waals surface area contributed by atoms with Gasteiger partial charge in [-0.25, -0.2) is 19.3 Å². The fraction of sp³-hybridized carbons (Fsp3) is 0.273. The van der Waals surface area contributed by atoms with E-state index in [0.29, 0.717) is 27.5 Å². The van der Waals surface area contributed by atoms with Gasteiger partial charge < -0.3 is 15.5 Å². The van der Waals surface area contributed by atoms with Crippen molar-refractivity contribution in [3.8, 4) is 0 Å². The molecule has 32 heavy (non-hydrogen) atoms. The van der Waals surface area contributed by atoms with Crippen LogP contribution in [0.5, 0.6) is 0 Å². The number of halogens is 2. The lowest BCUT2D eigenvalue weighted by Gasteiger charge is -2.18. The fourth-order valence-corrected chi connectivity index (χ4v) is 4.77. The van der Waals surface area contributed by atoms with Crippen LogP contribution in [0, 0.1) is 11.2 Å². The highest BCUT2D eigenvalue weighted by molar-refractivity contribution is 9.10. The normalized spacial score (nSPS) is 11.4. The number of thiazole rings is 1. The van der Waals surface area contributed by atoms with E-state index in [4.69, 9.17) is 5.41 Å². The zero-order chi connectivity index (χ0) is 22.7. The van der Waals surface area contributed by atoms with Crippen molar-refractivity contribution in [2.45, 2.75) is 13.8 Å². The van der Waals surface area contributed by atoms with E-state index in [2.05, 4.69) is 60.3 Å². The summed E-state index contributed by atoms with van der Waals surface area (Å²) in [6.07, 6.45) is 1.45. The van der Waals surface area contributed by atoms with Crippen LogP contribution in [-0.4, -0.2) is 51.9 Å². The summed E-state index contributed by atoms with van der Waals surface area (Å²) in [7, 11) is 0. The summed E-state index contributed by atoms with van der Waals surface area (Å²) in [6.45, 7) is 7.75. The summed E-state index contributed by atoms with van der Waals surface area (Å²) < 4.78 is 15.9. The third-order valence-corrected chi connectivity index (χ3v) is 6.78. The van der Waals surface area contributed by atoms with Gasteiger partial charge in [0.2, 0.25) is 0 Å². The number of amidine groups is 1. The van der Waals surface area contributed by atoms with Gasteiger partial charge in [-0.3, -0.25) is 5.41 Å². The minimum atomic E-state index is -0.387. The largest absolute Gasteiger partial charge is 0.367 e. The van der Waals surface area contributed by atoms with Gasteiger partial charge in [-0.1, -0.05) is 29.8 Å². The number of nitrogens with one attached hydrogen (secondary N) is 3. The number of likely N-dealkylation sites (N-methyl/N-ethyl adjacent to an activating group) is 1. The first-order valence-electron chi connectivity index (χ1n) is 10.3. The third-order valence-electron chi connectivity index (χ3n) is 5.18. The molecule has 0 saturated carbocycles. The summed E-state index contributed by atoms with van der Waals surface area (Å²) in [5.41, 5.74) is 1.80. The molecule has 0 fully saturated rings. The molecule has 4 rings (SSSR count). The van der Waals surface area contributed by atoms with Crippen LogP contribution in [0.1, 0.15) is 18.9 Å². The van der Waals surface area contributed by atoms with Crippen molar-refractivity contribution in [1.29, 1.82) is 5.41 Å². The molecule has 10 heteroatoms. The molecule has 7 nitrogen and oxygen atoms in total. The van der Waals surface area contributed by atoms with Crippen LogP contribution in [-0.2, 0) is 0 Å². The monoisotopic (exact) mass is 515 g/mol. The van der Waals surface area contributed by atoms with Crippen LogP contribution < -0.4 is 10.6 Å². The number of hydrogen-bond donors (Lipinski definition) is 3. The summed E-state index contributed by atoms with van der Waals surface area (Å²) >= 11 is 4.68. The van der Waals surface area contributed by atoms with Crippen LogP contribution in [0.3, 0.4) is 0 Å². The fourth-order valence-electron chi connectivity index (χ4n) is 3.41. The molecule has 0 unspecified atom stereocenters. The number of hydrogen-bond acceptors (Lipinski definition) is 7. The quantitative estimate of drug-likeness (QED) is 0.222. The first kappa shape index (κ1) is 22.5. The average Bonchev–Trinajstić information content (AvgIpc) is 3.23. The Morgan fingerprint density at radius 1 is 1.16 bits per heavy atom. The maximum absolute atomic E-state index is 14.4. The number of benzene rings is 2. The molecule has 0 aliphatic carbocycles. The Morgan fingerprint density at radius 2 is 1.94 bits per heavy atom. The van der Waals surface area contributed by atoms with Crippen LogP contribution in [0.4, 0.5) is 15.9 Å². The van der Waals surface area contributed by atoms with Crippen molar-refractivity contribution in [3.63, 3.8) is 0 Å². The standard InChI is InChI=1S/C22H23BrFN7S/c1-3-31(4-2)10-9-26-20(25)22-30-17-8-7-16-18(19(17)32-22)21(28-12-27-16)29-15-6-5-13(23)11-14(15)24/h5-8,11-12H,3-4,9-10H2,1-2H3,(H2,25,26)(H,27,28,29). The molecule has 0 amide bonds. The highest BCUT2D eigenvalue weighted by atomic mass is 79.9. The van der Waals surface area contributed by atoms with Gasteiger partial charge in [0.25, 0.3) is 0 Å². The molecule has 0 aliphatic rings. The molecule has 0 radical (unpaired) electrons. The lowest BCUT2D eigenvalue weighted by atomic mass is 10.2. The van der Waals surface area contributed by atoms with Crippen molar-refractivity contribution in [1.82, 2.24) is 25.2 Å². The van der Waals surface area contributed by atoms with Crippen LogP contribution in [0.15, 0.2) is 41.1 Å². The molecule has 0 aliphatic heterocycles. The minimum Gasteiger partial charge on any atom is -0.367 e. The van der Waals surface area contributed by atoms with Gasteiger partial charge in [0.05, 0.1) is 26.8 Å². The van der Waals surface area contributed by atoms with E-state index < -0.39 is 0 Å². The highest BCUT2D eigenvalue weighted by Crippen LogP contribution is 2.35. The zero-order valence-electron chi connectivity index (χ0n) is 17.7. The molecule has 3 N–H and O–H groups in total. The molecular formula is C22H23BrFN7S. The van der Waals surface area contributed by atoms with Crippen molar-refractivity contribution < 1.29 is 4.39 Å². The van der Waals surface area contributed by atoms with Crippen molar-refractivity contribution in [2.24, 2.45) is 0 Å². The summed E-state index contributed by atoms with van der Waals surface area (Å²) in [6, 6.07) is 8.57. The molecule has 0 spiro atoms. The SMILES string of the molecule is CCN(CC)CCNC(=N)c1nc2ccc3ncnc(Nc4ccc(Br)cc4F)c3c2s1. The molecule has 2 aromatic carbocycles. The van der Waals surface area contributed by atoms with E-state index >= 15 is 0 Å². The first-order chi connectivity index (χ1) is 15.5. The number of anilines is 2. The lowest BCUT2D eigenvalue weighted by molar-refractivity contribution is 0.308. The van der Waals surface area contributed by atoms with E-state index in [1.54, 1.807) is 12.1 Å². The van der Waals surface area contributed by atoms with E-state index in [0.717, 1.165) is 40.8 Å². The van der Waals surface area contributed by atoms with E-state index in [9.17, 15) is 4.39 Å². The molecule has 166 valence electrons. The van der Waals surface area contributed by atoms with Gasteiger partial charge >= 0.3 is 0 Å². The van der Waals surface area contributed by atoms with Gasteiger partial charge in [-0.2, -0.15) is 0 Å². The van der Waals surface area contributed by atoms with Crippen LogP contribution >= 0.6 is 27.3 Å². The Bertz CT molecular complexity index is 1270. The smallest absolute Gasteiger partial charge is 0.159 e. The predicted molar refractivity (Wildman–Crippen MR) is 133 cm³/mol. The highest BCUT2D eigenvalue weighted by Gasteiger charge is 2.16. The topological polar surface area (TPSA) is 89.8 Å². The Hall–Kier alpha value is -2.69. The number of rotatable bonds is 8. The lowest BCUT2D eigenvalue weighted by Crippen LogP contribution is -2.34. The van der Waals surface area contributed by atoms with Gasteiger partial charge in [0.1, 0.15) is 18.0 Å². The van der Waals surface area contributed by atoms with Gasteiger partial charge in [-0.05, 0) is 43.4 Å². The van der Waals surface area contributed by atoms with E-state index in [-0.39, 0.29) is 11.7 Å². The van der Waals surface area contributed by atoms with Gasteiger partial charge in [0, 0.05) is 17.6 Å². The van der Waals surface area contributed by atoms with Crippen molar-refractivity contribution in [3.05, 3.63) is 52.0 Å². The first-order valence-corrected chi connectivity index (χ1v) is 11.9. The predicted octanol–water partition coefficient (Wildman–Crippen LogP) is 5.14. The Morgan fingerprint density at radius 3 is 2.69 bits per heavy atom.